The van der Waals surface area contributed by atoms with E-state index in [1.54, 1.807) is 0 Å². The molecule has 30 heavy (non-hydrogen) atoms. The summed E-state index contributed by atoms with van der Waals surface area (Å²) >= 11 is 6.07. The van der Waals surface area contributed by atoms with Gasteiger partial charge in [-0.25, -0.2) is 9.78 Å². The minimum atomic E-state index is -0.534. The fourth-order valence-corrected chi connectivity index (χ4v) is 4.19. The lowest BCUT2D eigenvalue weighted by molar-refractivity contribution is -0.511. The second-order valence-corrected chi connectivity index (χ2v) is 9.41. The van der Waals surface area contributed by atoms with E-state index in [0.29, 0.717) is 11.6 Å². The molecule has 0 saturated carbocycles. The third-order valence-electron chi connectivity index (χ3n) is 5.89. The Balaban J connectivity index is 1.13. The highest BCUT2D eigenvalue weighted by Gasteiger charge is 2.44. The molecule has 0 atom stereocenters. The van der Waals surface area contributed by atoms with E-state index < -0.39 is 5.79 Å². The van der Waals surface area contributed by atoms with Gasteiger partial charge in [-0.05, 0) is 57.5 Å². The van der Waals surface area contributed by atoms with Gasteiger partial charge in [0.05, 0.1) is 12.1 Å². The number of unbranched alkanes of at least 4 members (excludes halogenated alkanes) is 2. The third kappa shape index (κ3) is 5.42. The molecule has 2 aliphatic rings. The number of piperidine rings is 1. The van der Waals surface area contributed by atoms with Crippen LogP contribution in [0.2, 0.25) is 5.02 Å². The summed E-state index contributed by atoms with van der Waals surface area (Å²) in [7, 11) is 0. The van der Waals surface area contributed by atoms with Gasteiger partial charge in [0, 0.05) is 54.8 Å². The highest BCUT2D eigenvalue weighted by molar-refractivity contribution is 6.31. The standard InChI is InChI=1S/C23H32ClN3O3/c1-22(2)17-28-23(30-29-22)9-14-27(15-10-23)13-5-3-4-11-25-20-8-12-26-21-16-18(24)6-7-19(20)21/h6-8,12,16H,3-5,9-11,13-15,17H2,1-2H3,(H,25,26). The Hall–Kier alpha value is -1.44. The maximum Gasteiger partial charge on any atom is 0.204 e. The monoisotopic (exact) mass is 433 g/mol. The Labute approximate surface area is 183 Å². The van der Waals surface area contributed by atoms with Gasteiger partial charge in [0.25, 0.3) is 0 Å². The second-order valence-electron chi connectivity index (χ2n) is 8.97. The smallest absolute Gasteiger partial charge is 0.204 e. The number of pyridine rings is 1. The molecule has 3 heterocycles. The third-order valence-corrected chi connectivity index (χ3v) is 6.13. The average molecular weight is 434 g/mol. The number of halogens is 1. The first-order valence-corrected chi connectivity index (χ1v) is 11.3. The molecule has 1 spiro atoms. The molecule has 2 fully saturated rings. The lowest BCUT2D eigenvalue weighted by Crippen LogP contribution is -2.54. The number of nitrogens with one attached hydrogen (secondary N) is 1. The molecule has 0 amide bonds. The van der Waals surface area contributed by atoms with Crippen molar-refractivity contribution in [2.24, 2.45) is 0 Å². The summed E-state index contributed by atoms with van der Waals surface area (Å²) in [6.45, 7) is 8.62. The van der Waals surface area contributed by atoms with Crippen molar-refractivity contribution in [3.63, 3.8) is 0 Å². The van der Waals surface area contributed by atoms with Crippen molar-refractivity contribution in [2.45, 2.75) is 57.3 Å². The van der Waals surface area contributed by atoms with E-state index in [9.17, 15) is 0 Å². The topological polar surface area (TPSA) is 55.9 Å². The minimum absolute atomic E-state index is 0.355. The highest BCUT2D eigenvalue weighted by Crippen LogP contribution is 2.34. The van der Waals surface area contributed by atoms with Gasteiger partial charge in [-0.1, -0.05) is 18.0 Å². The molecule has 0 radical (unpaired) electrons. The average Bonchev–Trinajstić information content (AvgIpc) is 2.74. The summed E-state index contributed by atoms with van der Waals surface area (Å²) in [5.74, 6) is -0.534. The molecule has 0 aliphatic carbocycles. The molecule has 2 saturated heterocycles. The first-order chi connectivity index (χ1) is 14.4. The summed E-state index contributed by atoms with van der Waals surface area (Å²) in [5.41, 5.74) is 1.69. The van der Waals surface area contributed by atoms with Crippen molar-refractivity contribution in [1.82, 2.24) is 9.88 Å². The molecule has 7 heteroatoms. The molecule has 1 N–H and O–H groups in total. The molecule has 2 aromatic rings. The molecule has 164 valence electrons. The van der Waals surface area contributed by atoms with Gasteiger partial charge in [-0.3, -0.25) is 4.98 Å². The van der Waals surface area contributed by atoms with Crippen molar-refractivity contribution in [1.29, 1.82) is 0 Å². The Kier molecular flexibility index (Phi) is 6.80. The van der Waals surface area contributed by atoms with E-state index >= 15 is 0 Å². The zero-order valence-corrected chi connectivity index (χ0v) is 18.7. The van der Waals surface area contributed by atoms with Crippen LogP contribution in [0.15, 0.2) is 30.5 Å². The number of ether oxygens (including phenoxy) is 1. The maximum absolute atomic E-state index is 6.07. The summed E-state index contributed by atoms with van der Waals surface area (Å²) < 4.78 is 6.01. The summed E-state index contributed by atoms with van der Waals surface area (Å²) in [5, 5.41) is 5.38. The van der Waals surface area contributed by atoms with Gasteiger partial charge in [-0.2, -0.15) is 0 Å². The highest BCUT2D eigenvalue weighted by atomic mass is 35.5. The number of aromatic nitrogens is 1. The van der Waals surface area contributed by atoms with E-state index in [4.69, 9.17) is 26.1 Å². The number of likely N-dealkylation sites (tertiary alicyclic amines) is 1. The van der Waals surface area contributed by atoms with Crippen LogP contribution in [0.1, 0.15) is 46.0 Å². The van der Waals surface area contributed by atoms with Gasteiger partial charge in [0.15, 0.2) is 0 Å². The van der Waals surface area contributed by atoms with Crippen LogP contribution >= 0.6 is 11.6 Å². The molecular weight excluding hydrogens is 402 g/mol. The first-order valence-electron chi connectivity index (χ1n) is 11.0. The van der Waals surface area contributed by atoms with Gasteiger partial charge in [-0.15, -0.1) is 0 Å². The largest absolute Gasteiger partial charge is 0.384 e. The molecule has 1 aromatic carbocycles. The normalized spacial score (nSPS) is 21.2. The number of nitrogens with zero attached hydrogens (tertiary/aromatic N) is 2. The zero-order chi connectivity index (χ0) is 21.0. The Bertz CT molecular complexity index is 841. The van der Waals surface area contributed by atoms with Crippen LogP contribution in [-0.4, -0.2) is 54.1 Å². The molecule has 1 aromatic heterocycles. The number of rotatable bonds is 7. The SMILES string of the molecule is CC1(C)COC2(CCN(CCCCCNc3ccnc4cc(Cl)ccc34)CC2)OO1. The predicted molar refractivity (Wildman–Crippen MR) is 120 cm³/mol. The predicted octanol–water partition coefficient (Wildman–Crippen LogP) is 5.02. The second kappa shape index (κ2) is 9.37. The van der Waals surface area contributed by atoms with Crippen LogP contribution in [0, 0.1) is 0 Å². The molecule has 0 unspecified atom stereocenters. The molecular formula is C23H32ClN3O3. The lowest BCUT2D eigenvalue weighted by atomic mass is 10.0. The van der Waals surface area contributed by atoms with E-state index in [-0.39, 0.29) is 5.60 Å². The van der Waals surface area contributed by atoms with Crippen LogP contribution in [-0.2, 0) is 14.5 Å². The fraction of sp³-hybridized carbons (Fsp3) is 0.609. The Morgan fingerprint density at radius 2 is 1.93 bits per heavy atom. The molecule has 6 nitrogen and oxygen atoms in total. The van der Waals surface area contributed by atoms with Gasteiger partial charge in [0.1, 0.15) is 5.60 Å². The molecule has 0 bridgehead atoms. The van der Waals surface area contributed by atoms with E-state index in [1.165, 1.54) is 12.8 Å². The van der Waals surface area contributed by atoms with Crippen molar-refractivity contribution in [3.8, 4) is 0 Å². The quantitative estimate of drug-likeness (QED) is 0.488. The van der Waals surface area contributed by atoms with E-state index in [1.807, 2.05) is 44.3 Å². The van der Waals surface area contributed by atoms with Crippen molar-refractivity contribution >= 4 is 28.2 Å². The van der Waals surface area contributed by atoms with Crippen molar-refractivity contribution < 1.29 is 14.5 Å². The summed E-state index contributed by atoms with van der Waals surface area (Å²) in [6.07, 6.45) is 7.11. The molecule has 2 aliphatic heterocycles. The molecule has 4 rings (SSSR count). The summed E-state index contributed by atoms with van der Waals surface area (Å²) in [4.78, 5) is 18.1. The number of hydrogen-bond acceptors (Lipinski definition) is 6. The van der Waals surface area contributed by atoms with E-state index in [0.717, 1.165) is 62.0 Å². The van der Waals surface area contributed by atoms with Crippen LogP contribution in [0.4, 0.5) is 5.69 Å². The van der Waals surface area contributed by atoms with Crippen LogP contribution in [0.25, 0.3) is 10.9 Å². The van der Waals surface area contributed by atoms with Gasteiger partial charge < -0.3 is 15.0 Å². The van der Waals surface area contributed by atoms with Gasteiger partial charge >= 0.3 is 0 Å². The minimum Gasteiger partial charge on any atom is -0.384 e. The number of anilines is 1. The Morgan fingerprint density at radius 1 is 1.10 bits per heavy atom. The lowest BCUT2D eigenvalue weighted by Gasteiger charge is -2.45. The van der Waals surface area contributed by atoms with Crippen molar-refractivity contribution in [3.05, 3.63) is 35.5 Å². The van der Waals surface area contributed by atoms with Crippen LogP contribution in [0.3, 0.4) is 0 Å². The van der Waals surface area contributed by atoms with E-state index in [2.05, 4.69) is 15.2 Å². The number of hydrogen-bond donors (Lipinski definition) is 1. The first kappa shape index (κ1) is 21.8. The van der Waals surface area contributed by atoms with Crippen LogP contribution < -0.4 is 5.32 Å². The zero-order valence-electron chi connectivity index (χ0n) is 18.0. The Morgan fingerprint density at radius 3 is 2.70 bits per heavy atom. The maximum atomic E-state index is 6.07. The van der Waals surface area contributed by atoms with Crippen molar-refractivity contribution in [2.75, 3.05) is 38.1 Å². The fourth-order valence-electron chi connectivity index (χ4n) is 4.02. The van der Waals surface area contributed by atoms with Crippen LogP contribution in [0.5, 0.6) is 0 Å². The summed E-state index contributed by atoms with van der Waals surface area (Å²) in [6, 6.07) is 7.87. The number of benzene rings is 1. The number of fused-ring (bicyclic) bond motifs is 1. The van der Waals surface area contributed by atoms with Gasteiger partial charge in [0.2, 0.25) is 5.79 Å².